The van der Waals surface area contributed by atoms with Crippen LogP contribution in [0.15, 0.2) is 18.6 Å². The minimum Gasteiger partial charge on any atom is -0.390 e. The maximum Gasteiger partial charge on any atom is 0.274 e. The molecule has 0 aromatic carbocycles. The van der Waals surface area contributed by atoms with Gasteiger partial charge in [0.25, 0.3) is 5.92 Å². The number of rotatable bonds is 3. The summed E-state index contributed by atoms with van der Waals surface area (Å²) in [5.74, 6) is -4.11. The van der Waals surface area contributed by atoms with E-state index in [1.54, 1.807) is 0 Å². The van der Waals surface area contributed by atoms with Gasteiger partial charge in [-0.1, -0.05) is 0 Å². The van der Waals surface area contributed by atoms with E-state index in [1.807, 2.05) is 0 Å². The largest absolute Gasteiger partial charge is 0.390 e. The number of aliphatic hydroxyl groups is 1. The fourth-order valence-corrected chi connectivity index (χ4v) is 1.35. The van der Waals surface area contributed by atoms with Crippen LogP contribution in [-0.4, -0.2) is 32.2 Å². The van der Waals surface area contributed by atoms with E-state index in [9.17, 15) is 13.2 Å². The normalized spacial score (nSPS) is 12.2. The summed E-state index contributed by atoms with van der Waals surface area (Å²) in [6.07, 6.45) is 1.43. The SMILES string of the molecule is OCC(F)(F)Cc1cc2nncn2cc1F. The summed E-state index contributed by atoms with van der Waals surface area (Å²) in [5.41, 5.74) is 0.0877. The number of nitrogens with zero attached hydrogens (tertiary/aromatic N) is 3. The molecule has 86 valence electrons. The number of hydrogen-bond donors (Lipinski definition) is 1. The van der Waals surface area contributed by atoms with Crippen molar-refractivity contribution >= 4 is 5.65 Å². The highest BCUT2D eigenvalue weighted by molar-refractivity contribution is 5.40. The lowest BCUT2D eigenvalue weighted by atomic mass is 10.1. The molecular formula is C9H8F3N3O. The van der Waals surface area contributed by atoms with Crippen molar-refractivity contribution in [2.75, 3.05) is 6.61 Å². The zero-order chi connectivity index (χ0) is 11.8. The highest BCUT2D eigenvalue weighted by Gasteiger charge is 2.29. The van der Waals surface area contributed by atoms with Gasteiger partial charge in [-0.2, -0.15) is 0 Å². The Kier molecular flexibility index (Phi) is 2.55. The third-order valence-corrected chi connectivity index (χ3v) is 2.14. The Labute approximate surface area is 88.3 Å². The third-order valence-electron chi connectivity index (χ3n) is 2.14. The molecule has 2 aromatic heterocycles. The maximum absolute atomic E-state index is 13.4. The molecule has 0 atom stereocenters. The molecular weight excluding hydrogens is 223 g/mol. The van der Waals surface area contributed by atoms with Gasteiger partial charge in [0, 0.05) is 12.6 Å². The molecule has 2 aromatic rings. The summed E-state index contributed by atoms with van der Waals surface area (Å²) in [6, 6.07) is 1.19. The van der Waals surface area contributed by atoms with Crippen LogP contribution in [0.2, 0.25) is 0 Å². The molecule has 0 spiro atoms. The molecule has 0 amide bonds. The molecule has 2 rings (SSSR count). The van der Waals surface area contributed by atoms with E-state index in [4.69, 9.17) is 5.11 Å². The summed E-state index contributed by atoms with van der Waals surface area (Å²) >= 11 is 0. The van der Waals surface area contributed by atoms with Crippen LogP contribution in [0.5, 0.6) is 0 Å². The molecule has 7 heteroatoms. The van der Waals surface area contributed by atoms with Gasteiger partial charge in [0.1, 0.15) is 18.8 Å². The summed E-state index contributed by atoms with van der Waals surface area (Å²) in [5, 5.41) is 15.5. The molecule has 0 aliphatic heterocycles. The molecule has 0 fully saturated rings. The van der Waals surface area contributed by atoms with Crippen molar-refractivity contribution in [1.82, 2.24) is 14.6 Å². The number of aliphatic hydroxyl groups excluding tert-OH is 1. The predicted octanol–water partition coefficient (Wildman–Crippen LogP) is 1.04. The zero-order valence-electron chi connectivity index (χ0n) is 8.07. The lowest BCUT2D eigenvalue weighted by Gasteiger charge is -2.13. The second-order valence-electron chi connectivity index (χ2n) is 3.43. The fourth-order valence-electron chi connectivity index (χ4n) is 1.35. The van der Waals surface area contributed by atoms with Crippen LogP contribution in [0, 0.1) is 5.82 Å². The Morgan fingerprint density at radius 2 is 2.19 bits per heavy atom. The molecule has 0 radical (unpaired) electrons. The van der Waals surface area contributed by atoms with E-state index in [0.717, 1.165) is 6.20 Å². The van der Waals surface area contributed by atoms with Crippen molar-refractivity contribution in [2.45, 2.75) is 12.3 Å². The number of hydrogen-bond acceptors (Lipinski definition) is 3. The van der Waals surface area contributed by atoms with Crippen LogP contribution in [0.1, 0.15) is 5.56 Å². The van der Waals surface area contributed by atoms with Gasteiger partial charge in [-0.05, 0) is 11.6 Å². The highest BCUT2D eigenvalue weighted by atomic mass is 19.3. The van der Waals surface area contributed by atoms with E-state index in [1.165, 1.54) is 16.8 Å². The van der Waals surface area contributed by atoms with E-state index in [-0.39, 0.29) is 11.2 Å². The second kappa shape index (κ2) is 3.75. The molecule has 0 aliphatic rings. The third kappa shape index (κ3) is 1.99. The predicted molar refractivity (Wildman–Crippen MR) is 48.7 cm³/mol. The van der Waals surface area contributed by atoms with Crippen LogP contribution < -0.4 is 0 Å². The number of halogens is 3. The van der Waals surface area contributed by atoms with Gasteiger partial charge < -0.3 is 5.11 Å². The first-order chi connectivity index (χ1) is 7.52. The van der Waals surface area contributed by atoms with E-state index < -0.39 is 24.8 Å². The van der Waals surface area contributed by atoms with Gasteiger partial charge in [-0.3, -0.25) is 4.40 Å². The number of fused-ring (bicyclic) bond motifs is 1. The van der Waals surface area contributed by atoms with Crippen molar-refractivity contribution < 1.29 is 18.3 Å². The van der Waals surface area contributed by atoms with Crippen LogP contribution in [0.25, 0.3) is 5.65 Å². The van der Waals surface area contributed by atoms with Crippen LogP contribution in [0.3, 0.4) is 0 Å². The highest BCUT2D eigenvalue weighted by Crippen LogP contribution is 2.21. The Balaban J connectivity index is 2.40. The topological polar surface area (TPSA) is 50.4 Å². The lowest BCUT2D eigenvalue weighted by molar-refractivity contribution is -0.0493. The number of aromatic nitrogens is 3. The van der Waals surface area contributed by atoms with Gasteiger partial charge in [0.15, 0.2) is 5.65 Å². The van der Waals surface area contributed by atoms with Crippen LogP contribution >= 0.6 is 0 Å². The van der Waals surface area contributed by atoms with Gasteiger partial charge in [-0.15, -0.1) is 10.2 Å². The number of alkyl halides is 2. The summed E-state index contributed by atoms with van der Waals surface area (Å²) in [4.78, 5) is 0. The minimum atomic E-state index is -3.33. The lowest BCUT2D eigenvalue weighted by Crippen LogP contribution is -2.25. The molecule has 2 heterocycles. The maximum atomic E-state index is 13.4. The first-order valence-electron chi connectivity index (χ1n) is 4.48. The smallest absolute Gasteiger partial charge is 0.274 e. The van der Waals surface area contributed by atoms with E-state index >= 15 is 0 Å². The quantitative estimate of drug-likeness (QED) is 0.858. The zero-order valence-corrected chi connectivity index (χ0v) is 8.07. The van der Waals surface area contributed by atoms with E-state index in [0.29, 0.717) is 0 Å². The van der Waals surface area contributed by atoms with Gasteiger partial charge in [-0.25, -0.2) is 13.2 Å². The van der Waals surface area contributed by atoms with Crippen LogP contribution in [-0.2, 0) is 6.42 Å². The molecule has 4 nitrogen and oxygen atoms in total. The summed E-state index contributed by atoms with van der Waals surface area (Å²) in [7, 11) is 0. The second-order valence-corrected chi connectivity index (χ2v) is 3.43. The molecule has 1 N–H and O–H groups in total. The van der Waals surface area contributed by atoms with Gasteiger partial charge >= 0.3 is 0 Å². The van der Waals surface area contributed by atoms with Gasteiger partial charge in [0.2, 0.25) is 0 Å². The Morgan fingerprint density at radius 3 is 2.88 bits per heavy atom. The van der Waals surface area contributed by atoms with Crippen molar-refractivity contribution in [3.63, 3.8) is 0 Å². The van der Waals surface area contributed by atoms with Crippen LogP contribution in [0.4, 0.5) is 13.2 Å². The standard InChI is InChI=1S/C9H8F3N3O/c10-7-3-15-5-13-14-8(15)1-6(7)2-9(11,12)4-16/h1,3,5,16H,2,4H2. The molecule has 0 saturated carbocycles. The van der Waals surface area contributed by atoms with Crippen molar-refractivity contribution in [1.29, 1.82) is 0 Å². The summed E-state index contributed by atoms with van der Waals surface area (Å²) in [6.45, 7) is -1.32. The van der Waals surface area contributed by atoms with E-state index in [2.05, 4.69) is 10.2 Å². The molecule has 0 saturated heterocycles. The Morgan fingerprint density at radius 1 is 1.44 bits per heavy atom. The summed E-state index contributed by atoms with van der Waals surface area (Å²) < 4.78 is 40.4. The Hall–Kier alpha value is -1.63. The van der Waals surface area contributed by atoms with Crippen molar-refractivity contribution in [3.05, 3.63) is 30.0 Å². The number of pyridine rings is 1. The first kappa shape index (κ1) is 10.9. The Bertz CT molecular complexity index is 512. The minimum absolute atomic E-state index is 0.195. The monoisotopic (exact) mass is 231 g/mol. The molecule has 0 bridgehead atoms. The average molecular weight is 231 g/mol. The van der Waals surface area contributed by atoms with Crippen molar-refractivity contribution in [2.24, 2.45) is 0 Å². The molecule has 0 unspecified atom stereocenters. The fraction of sp³-hybridized carbons (Fsp3) is 0.333. The first-order valence-corrected chi connectivity index (χ1v) is 4.48. The van der Waals surface area contributed by atoms with Gasteiger partial charge in [0.05, 0.1) is 0 Å². The average Bonchev–Trinajstić information content (AvgIpc) is 2.65. The molecule has 0 aliphatic carbocycles. The molecule has 16 heavy (non-hydrogen) atoms. The van der Waals surface area contributed by atoms with Crippen molar-refractivity contribution in [3.8, 4) is 0 Å².